The Morgan fingerprint density at radius 1 is 0.971 bits per heavy atom. The van der Waals surface area contributed by atoms with Gasteiger partial charge in [-0.05, 0) is 78.6 Å². The third-order valence-corrected chi connectivity index (χ3v) is 13.2. The number of aldehydes is 1. The maximum absolute atomic E-state index is 11.2. The van der Waals surface area contributed by atoms with Gasteiger partial charge >= 0.3 is 0 Å². The first-order chi connectivity index (χ1) is 16.5. The van der Waals surface area contributed by atoms with Crippen molar-refractivity contribution in [1.29, 1.82) is 0 Å². The lowest BCUT2D eigenvalue weighted by atomic mass is 9.68. The fraction of sp³-hybridized carbons (Fsp3) is 0.516. The summed E-state index contributed by atoms with van der Waals surface area (Å²) in [4.78, 5) is 11.2. The molecule has 1 saturated carbocycles. The van der Waals surface area contributed by atoms with E-state index in [1.807, 2.05) is 0 Å². The highest BCUT2D eigenvalue weighted by atomic mass is 28.4. The van der Waals surface area contributed by atoms with Crippen molar-refractivity contribution in [3.05, 3.63) is 72.3 Å². The summed E-state index contributed by atoms with van der Waals surface area (Å²) < 4.78 is 7.71. The zero-order valence-corrected chi connectivity index (χ0v) is 22.3. The number of hydrogen-bond donors (Lipinski definition) is 0. The number of allylic oxidation sites excluding steroid dienone is 2. The van der Waals surface area contributed by atoms with Gasteiger partial charge in [0.05, 0.1) is 0 Å². The molecule has 0 aromatic heterocycles. The number of benzene rings is 2. The fourth-order valence-electron chi connectivity index (χ4n) is 6.61. The quantitative estimate of drug-likeness (QED) is 0.172. The van der Waals surface area contributed by atoms with Gasteiger partial charge in [0, 0.05) is 12.5 Å². The highest BCUT2D eigenvalue weighted by molar-refractivity contribution is 6.99. The smallest absolute Gasteiger partial charge is 0.261 e. The summed E-state index contributed by atoms with van der Waals surface area (Å²) in [6, 6.07) is 22.0. The SMILES string of the molecule is CC(C)(C)[Si](OC(CCCC=O)C1CCCC2=CCCCC21)(c1ccccc1)c1ccccc1. The lowest BCUT2D eigenvalue weighted by Crippen LogP contribution is -2.68. The molecule has 0 bridgehead atoms. The summed E-state index contributed by atoms with van der Waals surface area (Å²) in [5, 5.41) is 2.67. The predicted molar refractivity (Wildman–Crippen MR) is 145 cm³/mol. The van der Waals surface area contributed by atoms with E-state index in [1.54, 1.807) is 5.57 Å². The van der Waals surface area contributed by atoms with E-state index in [4.69, 9.17) is 4.43 Å². The van der Waals surface area contributed by atoms with Crippen LogP contribution in [0.5, 0.6) is 0 Å². The molecule has 0 saturated heterocycles. The molecule has 0 N–H and O–H groups in total. The number of rotatable bonds is 9. The number of carbonyl (C=O) groups is 1. The van der Waals surface area contributed by atoms with Crippen molar-refractivity contribution in [1.82, 2.24) is 0 Å². The lowest BCUT2D eigenvalue weighted by molar-refractivity contribution is -0.108. The zero-order valence-electron chi connectivity index (χ0n) is 21.3. The summed E-state index contributed by atoms with van der Waals surface area (Å²) in [6.07, 6.45) is 13.9. The Morgan fingerprint density at radius 2 is 1.62 bits per heavy atom. The van der Waals surface area contributed by atoms with Crippen molar-refractivity contribution < 1.29 is 9.22 Å². The molecule has 0 amide bonds. The maximum atomic E-state index is 11.2. The summed E-state index contributed by atoms with van der Waals surface area (Å²) in [5.41, 5.74) is 1.69. The normalized spacial score (nSPS) is 21.9. The average molecular weight is 475 g/mol. The molecule has 182 valence electrons. The lowest BCUT2D eigenvalue weighted by Gasteiger charge is -2.49. The highest BCUT2D eigenvalue weighted by Crippen LogP contribution is 2.46. The highest BCUT2D eigenvalue weighted by Gasteiger charge is 2.52. The molecule has 2 aromatic rings. The van der Waals surface area contributed by atoms with Crippen molar-refractivity contribution in [2.75, 3.05) is 0 Å². The number of fused-ring (bicyclic) bond motifs is 1. The topological polar surface area (TPSA) is 26.3 Å². The third-order valence-electron chi connectivity index (χ3n) is 8.15. The molecule has 2 aromatic carbocycles. The third kappa shape index (κ3) is 5.16. The Labute approximate surface area is 208 Å². The van der Waals surface area contributed by atoms with Crippen LogP contribution in [0.2, 0.25) is 5.04 Å². The standard InChI is InChI=1S/C31H42O2Si/c1-31(2,3)34(26-17-6-4-7-18-26,27-19-8-5-9-20-27)33-30(23-12-13-24-32)29-22-14-16-25-15-10-11-21-28(25)29/h4-9,15,17-20,24,28-30H,10-14,16,21-23H2,1-3H3. The molecule has 1 fully saturated rings. The predicted octanol–water partition coefficient (Wildman–Crippen LogP) is 6.83. The molecule has 3 heteroatoms. The largest absolute Gasteiger partial charge is 0.404 e. The molecule has 0 radical (unpaired) electrons. The van der Waals surface area contributed by atoms with E-state index >= 15 is 0 Å². The molecular weight excluding hydrogens is 432 g/mol. The number of carbonyl (C=O) groups excluding carboxylic acids is 1. The van der Waals surface area contributed by atoms with E-state index < -0.39 is 8.32 Å². The second kappa shape index (κ2) is 11.2. The van der Waals surface area contributed by atoms with Crippen LogP contribution in [0, 0.1) is 11.8 Å². The van der Waals surface area contributed by atoms with Gasteiger partial charge in [0.1, 0.15) is 6.29 Å². The first-order valence-electron chi connectivity index (χ1n) is 13.4. The molecule has 3 unspecified atom stereocenters. The van der Waals surface area contributed by atoms with E-state index in [9.17, 15) is 4.79 Å². The van der Waals surface area contributed by atoms with E-state index in [0.717, 1.165) is 19.1 Å². The molecule has 2 aliphatic rings. The van der Waals surface area contributed by atoms with Crippen LogP contribution >= 0.6 is 0 Å². The number of unbranched alkanes of at least 4 members (excludes halogenated alkanes) is 1. The van der Waals surface area contributed by atoms with Crippen LogP contribution in [0.4, 0.5) is 0 Å². The summed E-state index contributed by atoms with van der Waals surface area (Å²) in [5.74, 6) is 1.20. The van der Waals surface area contributed by atoms with Crippen LogP contribution in [0.3, 0.4) is 0 Å². The van der Waals surface area contributed by atoms with Crippen LogP contribution in [-0.2, 0) is 9.22 Å². The molecule has 3 atom stereocenters. The molecule has 4 rings (SSSR count). The Kier molecular flexibility index (Phi) is 8.26. The van der Waals surface area contributed by atoms with Gasteiger partial charge in [-0.15, -0.1) is 0 Å². The van der Waals surface area contributed by atoms with Crippen molar-refractivity contribution in [2.24, 2.45) is 11.8 Å². The summed E-state index contributed by atoms with van der Waals surface area (Å²) in [7, 11) is -2.62. The summed E-state index contributed by atoms with van der Waals surface area (Å²) >= 11 is 0. The molecule has 34 heavy (non-hydrogen) atoms. The van der Waals surface area contributed by atoms with Gasteiger partial charge in [0.25, 0.3) is 8.32 Å². The van der Waals surface area contributed by atoms with Crippen molar-refractivity contribution in [3.63, 3.8) is 0 Å². The van der Waals surface area contributed by atoms with Crippen molar-refractivity contribution in [3.8, 4) is 0 Å². The van der Waals surface area contributed by atoms with Crippen LogP contribution < -0.4 is 10.4 Å². The second-order valence-electron chi connectivity index (χ2n) is 11.3. The van der Waals surface area contributed by atoms with Gasteiger partial charge in [-0.2, -0.15) is 0 Å². The van der Waals surface area contributed by atoms with Gasteiger partial charge in [-0.25, -0.2) is 0 Å². The van der Waals surface area contributed by atoms with Crippen LogP contribution in [0.25, 0.3) is 0 Å². The van der Waals surface area contributed by atoms with E-state index in [0.29, 0.717) is 18.3 Å². The Morgan fingerprint density at radius 3 is 2.21 bits per heavy atom. The number of hydrogen-bond acceptors (Lipinski definition) is 2. The zero-order chi connectivity index (χ0) is 24.0. The van der Waals surface area contributed by atoms with Crippen molar-refractivity contribution >= 4 is 25.0 Å². The average Bonchev–Trinajstić information content (AvgIpc) is 2.86. The minimum atomic E-state index is -2.62. The van der Waals surface area contributed by atoms with Crippen LogP contribution in [-0.4, -0.2) is 20.7 Å². The molecule has 2 nitrogen and oxygen atoms in total. The monoisotopic (exact) mass is 474 g/mol. The summed E-state index contributed by atoms with van der Waals surface area (Å²) in [6.45, 7) is 7.11. The minimum absolute atomic E-state index is 0.0292. The maximum Gasteiger partial charge on any atom is 0.261 e. The van der Waals surface area contributed by atoms with Crippen LogP contribution in [0.15, 0.2) is 72.3 Å². The Hall–Kier alpha value is -1.97. The van der Waals surface area contributed by atoms with E-state index in [2.05, 4.69) is 87.5 Å². The van der Waals surface area contributed by atoms with Crippen LogP contribution in [0.1, 0.15) is 78.6 Å². The Balaban J connectivity index is 1.81. The molecular formula is C31H42O2Si. The van der Waals surface area contributed by atoms with E-state index in [1.165, 1.54) is 48.9 Å². The second-order valence-corrected chi connectivity index (χ2v) is 15.5. The van der Waals surface area contributed by atoms with Gasteiger partial charge in [0.15, 0.2) is 0 Å². The fourth-order valence-corrected chi connectivity index (χ4v) is 11.4. The first-order valence-corrected chi connectivity index (χ1v) is 15.3. The van der Waals surface area contributed by atoms with E-state index in [-0.39, 0.29) is 11.1 Å². The minimum Gasteiger partial charge on any atom is -0.404 e. The van der Waals surface area contributed by atoms with Gasteiger partial charge in [-0.3, -0.25) is 0 Å². The van der Waals surface area contributed by atoms with Gasteiger partial charge < -0.3 is 9.22 Å². The Bertz CT molecular complexity index is 905. The first kappa shape index (κ1) is 25.1. The molecule has 0 spiro atoms. The van der Waals surface area contributed by atoms with Crippen molar-refractivity contribution in [2.45, 2.75) is 89.7 Å². The molecule has 0 aliphatic heterocycles. The van der Waals surface area contributed by atoms with Gasteiger partial charge in [-0.1, -0.05) is 93.1 Å². The van der Waals surface area contributed by atoms with Gasteiger partial charge in [0.2, 0.25) is 0 Å². The molecule has 2 aliphatic carbocycles. The molecule has 0 heterocycles.